The van der Waals surface area contributed by atoms with Gasteiger partial charge in [0.1, 0.15) is 17.5 Å². The van der Waals surface area contributed by atoms with E-state index in [-0.39, 0.29) is 6.61 Å². The van der Waals surface area contributed by atoms with Crippen molar-refractivity contribution < 1.29 is 14.2 Å². The van der Waals surface area contributed by atoms with E-state index in [1.54, 1.807) is 21.1 Å². The van der Waals surface area contributed by atoms with Crippen molar-refractivity contribution >= 4 is 0 Å². The van der Waals surface area contributed by atoms with Crippen molar-refractivity contribution in [2.24, 2.45) is 5.92 Å². The van der Waals surface area contributed by atoms with E-state index in [2.05, 4.69) is 16.4 Å². The number of methoxy groups -OCH3 is 1. The third kappa shape index (κ3) is 5.21. The number of hydrogen-bond donors (Lipinski definition) is 2. The van der Waals surface area contributed by atoms with Crippen LogP contribution in [0.1, 0.15) is 28.5 Å². The number of nitrogens with zero attached hydrogens (tertiary/aromatic N) is 2. The molecular formula is C32H32N4O5. The van der Waals surface area contributed by atoms with Crippen LogP contribution < -0.4 is 21.3 Å². The Hall–Kier alpha value is -4.49. The van der Waals surface area contributed by atoms with Crippen LogP contribution >= 0.6 is 0 Å². The first-order valence-electron chi connectivity index (χ1n) is 13.4. The molecule has 0 unspecified atom stereocenters. The second-order valence-corrected chi connectivity index (χ2v) is 9.97. The van der Waals surface area contributed by atoms with E-state index in [1.807, 2.05) is 84.9 Å². The minimum Gasteiger partial charge on any atom is -0.497 e. The van der Waals surface area contributed by atoms with Crippen LogP contribution in [-0.2, 0) is 15.1 Å². The zero-order valence-corrected chi connectivity index (χ0v) is 23.1. The Balaban J connectivity index is 1.58. The van der Waals surface area contributed by atoms with Gasteiger partial charge in [-0.3, -0.25) is 14.3 Å². The number of benzene rings is 3. The van der Waals surface area contributed by atoms with Gasteiger partial charge in [0.2, 0.25) is 0 Å². The number of rotatable bonds is 9. The topological polar surface area (TPSA) is 118 Å². The Morgan fingerprint density at radius 3 is 2.10 bits per heavy atom. The molecule has 2 heterocycles. The molecule has 4 atom stereocenters. The van der Waals surface area contributed by atoms with E-state index in [0.717, 1.165) is 16.7 Å². The molecule has 2 N–H and O–H groups in total. The van der Waals surface area contributed by atoms with E-state index >= 15 is 0 Å². The van der Waals surface area contributed by atoms with Gasteiger partial charge < -0.3 is 19.5 Å². The van der Waals surface area contributed by atoms with Gasteiger partial charge in [0.25, 0.3) is 5.56 Å². The Bertz CT molecular complexity index is 1590. The van der Waals surface area contributed by atoms with Gasteiger partial charge >= 0.3 is 5.69 Å². The summed E-state index contributed by atoms with van der Waals surface area (Å²) in [6.07, 6.45) is -0.0551. The SMILES string of the molecule is CN[C@@H]1[C@@H](C#N)[C@@H](COC(c2ccccc2)(c2ccccc2)c2ccc(OC)cc2)O[C@H]1n1cc(C)c(=O)[nH]c1=O. The van der Waals surface area contributed by atoms with Crippen molar-refractivity contribution in [2.45, 2.75) is 30.9 Å². The molecule has 4 aromatic rings. The maximum absolute atomic E-state index is 12.7. The maximum atomic E-state index is 12.7. The van der Waals surface area contributed by atoms with Gasteiger partial charge in [-0.1, -0.05) is 72.8 Å². The molecule has 1 aromatic heterocycles. The molecule has 0 radical (unpaired) electrons. The van der Waals surface area contributed by atoms with Crippen molar-refractivity contribution in [1.82, 2.24) is 14.9 Å². The number of nitrogens with one attached hydrogen (secondary N) is 2. The summed E-state index contributed by atoms with van der Waals surface area (Å²) in [5.74, 6) is 0.0676. The highest BCUT2D eigenvalue weighted by Gasteiger charge is 2.47. The van der Waals surface area contributed by atoms with Crippen LogP contribution in [-0.4, -0.2) is 42.5 Å². The van der Waals surface area contributed by atoms with E-state index in [9.17, 15) is 14.9 Å². The third-order valence-corrected chi connectivity index (χ3v) is 7.63. The number of H-pyrrole nitrogens is 1. The molecule has 9 nitrogen and oxygen atoms in total. The fraction of sp³-hybridized carbons (Fsp3) is 0.281. The summed E-state index contributed by atoms with van der Waals surface area (Å²) in [5, 5.41) is 13.4. The van der Waals surface area contributed by atoms with Gasteiger partial charge in [0, 0.05) is 11.8 Å². The Morgan fingerprint density at radius 1 is 0.976 bits per heavy atom. The summed E-state index contributed by atoms with van der Waals surface area (Å²) in [5.41, 5.74) is 0.923. The molecule has 1 saturated heterocycles. The fourth-order valence-corrected chi connectivity index (χ4v) is 5.53. The predicted molar refractivity (Wildman–Crippen MR) is 154 cm³/mol. The normalized spacial score (nSPS) is 20.4. The van der Waals surface area contributed by atoms with Crippen molar-refractivity contribution in [3.8, 4) is 11.8 Å². The second-order valence-electron chi connectivity index (χ2n) is 9.97. The van der Waals surface area contributed by atoms with Crippen LogP contribution in [0.2, 0.25) is 0 Å². The zero-order valence-electron chi connectivity index (χ0n) is 23.1. The monoisotopic (exact) mass is 552 g/mol. The number of ether oxygens (including phenoxy) is 3. The lowest BCUT2D eigenvalue weighted by Gasteiger charge is -2.37. The molecule has 0 spiro atoms. The van der Waals surface area contributed by atoms with Crippen LogP contribution in [0.25, 0.3) is 0 Å². The summed E-state index contributed by atoms with van der Waals surface area (Å²) >= 11 is 0. The molecule has 9 heteroatoms. The molecule has 3 aromatic carbocycles. The highest BCUT2D eigenvalue weighted by atomic mass is 16.6. The molecule has 1 fully saturated rings. The smallest absolute Gasteiger partial charge is 0.330 e. The Morgan fingerprint density at radius 2 is 1.56 bits per heavy atom. The average Bonchev–Trinajstić information content (AvgIpc) is 3.38. The largest absolute Gasteiger partial charge is 0.497 e. The number of aromatic amines is 1. The number of hydrogen-bond acceptors (Lipinski definition) is 7. The van der Waals surface area contributed by atoms with Crippen molar-refractivity contribution in [3.63, 3.8) is 0 Å². The minimum atomic E-state index is -1.04. The van der Waals surface area contributed by atoms with Crippen LogP contribution in [0.15, 0.2) is 101 Å². The van der Waals surface area contributed by atoms with E-state index in [4.69, 9.17) is 14.2 Å². The van der Waals surface area contributed by atoms with Crippen molar-refractivity contribution in [3.05, 3.63) is 134 Å². The minimum absolute atomic E-state index is 0.0415. The first kappa shape index (κ1) is 28.1. The lowest BCUT2D eigenvalue weighted by Crippen LogP contribution is -2.42. The third-order valence-electron chi connectivity index (χ3n) is 7.63. The Kier molecular flexibility index (Phi) is 8.17. The highest BCUT2D eigenvalue weighted by Crippen LogP contribution is 2.42. The molecule has 41 heavy (non-hydrogen) atoms. The molecule has 5 rings (SSSR count). The predicted octanol–water partition coefficient (Wildman–Crippen LogP) is 3.49. The first-order chi connectivity index (χ1) is 19.9. The summed E-state index contributed by atoms with van der Waals surface area (Å²) < 4.78 is 20.1. The number of aromatic nitrogens is 2. The molecule has 0 saturated carbocycles. The van der Waals surface area contributed by atoms with Crippen LogP contribution in [0.3, 0.4) is 0 Å². The van der Waals surface area contributed by atoms with Gasteiger partial charge in [-0.15, -0.1) is 0 Å². The van der Waals surface area contributed by atoms with Crippen LogP contribution in [0, 0.1) is 24.2 Å². The van der Waals surface area contributed by atoms with Gasteiger partial charge in [-0.25, -0.2) is 4.79 Å². The second kappa shape index (κ2) is 11.9. The molecule has 0 aliphatic carbocycles. The Labute approximate surface area is 238 Å². The fourth-order valence-electron chi connectivity index (χ4n) is 5.53. The van der Waals surface area contributed by atoms with E-state index in [0.29, 0.717) is 11.3 Å². The zero-order chi connectivity index (χ0) is 29.0. The number of likely N-dealkylation sites (N-methyl/N-ethyl adjacent to an activating group) is 1. The molecule has 1 aliphatic rings. The first-order valence-corrected chi connectivity index (χ1v) is 13.4. The standard InChI is InChI=1S/C32H32N4O5/c1-21-19-36(31(38)35-29(21)37)30-28(34-2)26(18-33)27(41-30)20-40-32(22-10-6-4-7-11-22,23-12-8-5-9-13-23)24-14-16-25(39-3)17-15-24/h4-17,19,26-28,30,34H,20H2,1-3H3,(H,35,37,38)/t26-,27+,28+,30+/m0/s1. The summed E-state index contributed by atoms with van der Waals surface area (Å²) in [4.78, 5) is 27.1. The molecule has 210 valence electrons. The average molecular weight is 553 g/mol. The van der Waals surface area contributed by atoms with Crippen molar-refractivity contribution in [2.75, 3.05) is 20.8 Å². The van der Waals surface area contributed by atoms with Gasteiger partial charge in [0.15, 0.2) is 6.23 Å². The van der Waals surface area contributed by atoms with Crippen LogP contribution in [0.5, 0.6) is 5.75 Å². The van der Waals surface area contributed by atoms with Gasteiger partial charge in [-0.05, 0) is 42.8 Å². The van der Waals surface area contributed by atoms with Crippen LogP contribution in [0.4, 0.5) is 0 Å². The number of nitriles is 1. The molecular weight excluding hydrogens is 520 g/mol. The lowest BCUT2D eigenvalue weighted by atomic mass is 9.80. The lowest BCUT2D eigenvalue weighted by molar-refractivity contribution is -0.0829. The molecule has 1 aliphatic heterocycles. The molecule has 0 bridgehead atoms. The van der Waals surface area contributed by atoms with Gasteiger partial charge in [-0.2, -0.15) is 5.26 Å². The quantitative estimate of drug-likeness (QED) is 0.305. The summed E-state index contributed by atoms with van der Waals surface area (Å²) in [6.45, 7) is 1.66. The molecule has 0 amide bonds. The van der Waals surface area contributed by atoms with Crippen molar-refractivity contribution in [1.29, 1.82) is 5.26 Å². The van der Waals surface area contributed by atoms with E-state index in [1.165, 1.54) is 10.8 Å². The van der Waals surface area contributed by atoms with Gasteiger partial charge in [0.05, 0.1) is 31.7 Å². The summed E-state index contributed by atoms with van der Waals surface area (Å²) in [6, 6.07) is 29.3. The maximum Gasteiger partial charge on any atom is 0.330 e. The summed E-state index contributed by atoms with van der Waals surface area (Å²) in [7, 11) is 3.34. The van der Waals surface area contributed by atoms with E-state index < -0.39 is 41.1 Å². The highest BCUT2D eigenvalue weighted by molar-refractivity contribution is 5.48. The number of aryl methyl sites for hydroxylation is 1.